The molecule has 3 amide bonds. The molecular weight excluding hydrogens is 458 g/mol. The number of thioether (sulfide) groups is 1. The highest BCUT2D eigenvalue weighted by Gasteiger charge is 2.36. The molecule has 0 spiro atoms. The minimum Gasteiger partial charge on any atom is -0.325 e. The van der Waals surface area contributed by atoms with Gasteiger partial charge in [0.05, 0.1) is 4.91 Å². The van der Waals surface area contributed by atoms with E-state index in [4.69, 9.17) is 11.6 Å². The molecule has 4 rings (SSSR count). The highest BCUT2D eigenvalue weighted by Crippen LogP contribution is 2.34. The van der Waals surface area contributed by atoms with Crippen LogP contribution in [-0.2, 0) is 9.59 Å². The zero-order valence-corrected chi connectivity index (χ0v) is 20.0. The highest BCUT2D eigenvalue weighted by atomic mass is 35.5. The van der Waals surface area contributed by atoms with Crippen LogP contribution in [0.15, 0.2) is 59.5 Å². The lowest BCUT2D eigenvalue weighted by Crippen LogP contribution is -2.36. The molecule has 1 saturated heterocycles. The number of anilines is 1. The summed E-state index contributed by atoms with van der Waals surface area (Å²) in [6.07, 6.45) is 1.70. The Morgan fingerprint density at radius 2 is 1.79 bits per heavy atom. The van der Waals surface area contributed by atoms with Crippen molar-refractivity contribution in [2.45, 2.75) is 20.8 Å². The number of hydrogen-bond acceptors (Lipinski definition) is 4. The molecule has 33 heavy (non-hydrogen) atoms. The van der Waals surface area contributed by atoms with E-state index in [0.29, 0.717) is 10.7 Å². The van der Waals surface area contributed by atoms with Gasteiger partial charge in [0.25, 0.3) is 11.1 Å². The standard InChI is InChI=1S/C25H22ClN3O3S/c1-15-7-9-20(10-8-15)27-23(30)14-28-24(31)22(33-25(28)32)12-18-11-16(2)29(17(18)3)21-6-4-5-19(26)13-21/h4-13H,14H2,1-3H3,(H,27,30). The van der Waals surface area contributed by atoms with Crippen LogP contribution < -0.4 is 5.32 Å². The Morgan fingerprint density at radius 1 is 1.06 bits per heavy atom. The quantitative estimate of drug-likeness (QED) is 0.474. The zero-order valence-electron chi connectivity index (χ0n) is 18.4. The summed E-state index contributed by atoms with van der Waals surface area (Å²) in [5.74, 6) is -0.904. The number of hydrogen-bond donors (Lipinski definition) is 1. The van der Waals surface area contributed by atoms with Crippen molar-refractivity contribution in [2.75, 3.05) is 11.9 Å². The monoisotopic (exact) mass is 479 g/mol. The van der Waals surface area contributed by atoms with Crippen molar-refractivity contribution in [2.24, 2.45) is 0 Å². The summed E-state index contributed by atoms with van der Waals surface area (Å²) in [6, 6.07) is 16.8. The topological polar surface area (TPSA) is 71.4 Å². The number of carbonyl (C=O) groups excluding carboxylic acids is 3. The molecule has 0 unspecified atom stereocenters. The largest absolute Gasteiger partial charge is 0.325 e. The van der Waals surface area contributed by atoms with Gasteiger partial charge in [0.2, 0.25) is 5.91 Å². The number of nitrogens with one attached hydrogen (secondary N) is 1. The van der Waals surface area contributed by atoms with E-state index in [1.165, 1.54) is 0 Å². The number of benzene rings is 2. The number of nitrogens with zero attached hydrogens (tertiary/aromatic N) is 2. The van der Waals surface area contributed by atoms with Crippen LogP contribution in [0.4, 0.5) is 10.5 Å². The second-order valence-corrected chi connectivity index (χ2v) is 9.25. The highest BCUT2D eigenvalue weighted by molar-refractivity contribution is 8.18. The van der Waals surface area contributed by atoms with E-state index in [0.717, 1.165) is 44.9 Å². The summed E-state index contributed by atoms with van der Waals surface area (Å²) in [5, 5.41) is 2.88. The first-order chi connectivity index (χ1) is 15.7. The van der Waals surface area contributed by atoms with Gasteiger partial charge in [0, 0.05) is 27.8 Å². The van der Waals surface area contributed by atoms with Gasteiger partial charge < -0.3 is 9.88 Å². The van der Waals surface area contributed by atoms with Crippen LogP contribution >= 0.6 is 23.4 Å². The van der Waals surface area contributed by atoms with E-state index in [9.17, 15) is 14.4 Å². The normalized spacial score (nSPS) is 14.9. The maximum atomic E-state index is 12.9. The molecule has 6 nitrogen and oxygen atoms in total. The Hall–Kier alpha value is -3.29. The predicted octanol–water partition coefficient (Wildman–Crippen LogP) is 5.73. The van der Waals surface area contributed by atoms with Crippen molar-refractivity contribution in [1.29, 1.82) is 0 Å². The van der Waals surface area contributed by atoms with Gasteiger partial charge in [0.1, 0.15) is 6.54 Å². The molecule has 0 radical (unpaired) electrons. The predicted molar refractivity (Wildman–Crippen MR) is 133 cm³/mol. The van der Waals surface area contributed by atoms with Gasteiger partial charge in [-0.3, -0.25) is 19.3 Å². The molecule has 1 aliphatic rings. The molecule has 3 aromatic rings. The van der Waals surface area contributed by atoms with Gasteiger partial charge >= 0.3 is 0 Å². The van der Waals surface area contributed by atoms with Crippen molar-refractivity contribution >= 4 is 52.2 Å². The van der Waals surface area contributed by atoms with Crippen molar-refractivity contribution < 1.29 is 14.4 Å². The molecular formula is C25H22ClN3O3S. The van der Waals surface area contributed by atoms with Crippen molar-refractivity contribution in [3.8, 4) is 5.69 Å². The fourth-order valence-corrected chi connectivity index (χ4v) is 4.72. The smallest absolute Gasteiger partial charge is 0.294 e. The fourth-order valence-electron chi connectivity index (χ4n) is 3.70. The zero-order chi connectivity index (χ0) is 23.7. The molecule has 0 aliphatic carbocycles. The molecule has 0 saturated carbocycles. The van der Waals surface area contributed by atoms with E-state index in [-0.39, 0.29) is 11.4 Å². The van der Waals surface area contributed by atoms with Crippen LogP contribution in [-0.4, -0.2) is 33.1 Å². The van der Waals surface area contributed by atoms with E-state index in [1.54, 1.807) is 18.2 Å². The average molecular weight is 480 g/mol. The Labute approximate surface area is 201 Å². The van der Waals surface area contributed by atoms with E-state index in [2.05, 4.69) is 5.32 Å². The number of imide groups is 1. The van der Waals surface area contributed by atoms with E-state index >= 15 is 0 Å². The van der Waals surface area contributed by atoms with Crippen molar-refractivity contribution in [3.05, 3.63) is 87.0 Å². The number of rotatable bonds is 5. The van der Waals surface area contributed by atoms with Crippen LogP contribution in [0.2, 0.25) is 5.02 Å². The van der Waals surface area contributed by atoms with Crippen LogP contribution in [0.25, 0.3) is 11.8 Å². The van der Waals surface area contributed by atoms with E-state index in [1.807, 2.05) is 67.8 Å². The Balaban J connectivity index is 1.53. The third-order valence-electron chi connectivity index (χ3n) is 5.33. The third kappa shape index (κ3) is 4.89. The molecule has 2 heterocycles. The third-order valence-corrected chi connectivity index (χ3v) is 6.48. The molecule has 0 atom stereocenters. The van der Waals surface area contributed by atoms with Crippen LogP contribution in [0, 0.1) is 20.8 Å². The van der Waals surface area contributed by atoms with Crippen molar-refractivity contribution in [1.82, 2.24) is 9.47 Å². The summed E-state index contributed by atoms with van der Waals surface area (Å²) in [5.41, 5.74) is 5.30. The maximum Gasteiger partial charge on any atom is 0.294 e. The van der Waals surface area contributed by atoms with Gasteiger partial charge in [0.15, 0.2) is 0 Å². The second kappa shape index (κ2) is 9.29. The minimum absolute atomic E-state index is 0.287. The molecule has 1 fully saturated rings. The number of amides is 3. The Bertz CT molecular complexity index is 1290. The molecule has 1 aromatic heterocycles. The van der Waals surface area contributed by atoms with Gasteiger partial charge in [-0.1, -0.05) is 35.4 Å². The molecule has 168 valence electrons. The van der Waals surface area contributed by atoms with Gasteiger partial charge in [-0.2, -0.15) is 0 Å². The van der Waals surface area contributed by atoms with Crippen molar-refractivity contribution in [3.63, 3.8) is 0 Å². The van der Waals surface area contributed by atoms with E-state index < -0.39 is 17.1 Å². The summed E-state index contributed by atoms with van der Waals surface area (Å²) < 4.78 is 2.04. The SMILES string of the molecule is Cc1ccc(NC(=O)CN2C(=O)SC(=Cc3cc(C)n(-c4cccc(Cl)c4)c3C)C2=O)cc1. The van der Waals surface area contributed by atoms with Crippen LogP contribution in [0.1, 0.15) is 22.5 Å². The summed E-state index contributed by atoms with van der Waals surface area (Å²) in [7, 11) is 0. The van der Waals surface area contributed by atoms with Gasteiger partial charge in [-0.15, -0.1) is 0 Å². The number of carbonyl (C=O) groups is 3. The lowest BCUT2D eigenvalue weighted by atomic mass is 10.2. The molecule has 1 aliphatic heterocycles. The lowest BCUT2D eigenvalue weighted by molar-refractivity contribution is -0.127. The molecule has 1 N–H and O–H groups in total. The Morgan fingerprint density at radius 3 is 2.48 bits per heavy atom. The van der Waals surface area contributed by atoms with Crippen LogP contribution in [0.3, 0.4) is 0 Å². The fraction of sp³-hybridized carbons (Fsp3) is 0.160. The molecule has 2 aromatic carbocycles. The number of aromatic nitrogens is 1. The maximum absolute atomic E-state index is 12.9. The first-order valence-electron chi connectivity index (χ1n) is 10.3. The second-order valence-electron chi connectivity index (χ2n) is 7.82. The first kappa shape index (κ1) is 22.9. The summed E-state index contributed by atoms with van der Waals surface area (Å²) in [4.78, 5) is 39.0. The Kier molecular flexibility index (Phi) is 6.44. The van der Waals surface area contributed by atoms with Gasteiger partial charge in [-0.25, -0.2) is 0 Å². The summed E-state index contributed by atoms with van der Waals surface area (Å²) >= 11 is 6.98. The average Bonchev–Trinajstić information content (AvgIpc) is 3.19. The first-order valence-corrected chi connectivity index (χ1v) is 11.5. The summed E-state index contributed by atoms with van der Waals surface area (Å²) in [6.45, 7) is 5.52. The minimum atomic E-state index is -0.475. The number of halogens is 1. The van der Waals surface area contributed by atoms with Crippen LogP contribution in [0.5, 0.6) is 0 Å². The van der Waals surface area contributed by atoms with Gasteiger partial charge in [-0.05, 0) is 80.6 Å². The number of aryl methyl sites for hydroxylation is 2. The molecule has 8 heteroatoms. The lowest BCUT2D eigenvalue weighted by Gasteiger charge is -2.12. The molecule has 0 bridgehead atoms.